The SMILES string of the molecule is CCCN(CCC)C1Cc2cccc3cccc(c23)O1. The van der Waals surface area contributed by atoms with E-state index >= 15 is 0 Å². The van der Waals surface area contributed by atoms with E-state index in [1.165, 1.54) is 29.2 Å². The van der Waals surface area contributed by atoms with Crippen LogP contribution < -0.4 is 4.74 Å². The summed E-state index contributed by atoms with van der Waals surface area (Å²) in [6.07, 6.45) is 3.53. The fourth-order valence-corrected chi connectivity index (χ4v) is 3.20. The second kappa shape index (κ2) is 5.84. The molecule has 0 bridgehead atoms. The molecule has 1 aliphatic rings. The maximum absolute atomic E-state index is 6.30. The second-order valence-corrected chi connectivity index (χ2v) is 5.58. The molecule has 2 aromatic carbocycles. The lowest BCUT2D eigenvalue weighted by atomic mass is 9.98. The van der Waals surface area contributed by atoms with E-state index in [0.717, 1.165) is 25.3 Å². The van der Waals surface area contributed by atoms with E-state index in [1.54, 1.807) is 0 Å². The van der Waals surface area contributed by atoms with Crippen molar-refractivity contribution in [2.45, 2.75) is 39.3 Å². The lowest BCUT2D eigenvalue weighted by molar-refractivity contribution is 0.0229. The predicted octanol–water partition coefficient (Wildman–Crippen LogP) is 4.22. The van der Waals surface area contributed by atoms with Crippen molar-refractivity contribution in [3.63, 3.8) is 0 Å². The monoisotopic (exact) mass is 269 g/mol. The quantitative estimate of drug-likeness (QED) is 0.805. The van der Waals surface area contributed by atoms with Gasteiger partial charge in [-0.25, -0.2) is 0 Å². The molecule has 1 atom stereocenters. The van der Waals surface area contributed by atoms with E-state index in [1.807, 2.05) is 0 Å². The van der Waals surface area contributed by atoms with Crippen LogP contribution in [0.1, 0.15) is 32.3 Å². The lowest BCUT2D eigenvalue weighted by Crippen LogP contribution is -2.43. The van der Waals surface area contributed by atoms with Crippen LogP contribution >= 0.6 is 0 Å². The highest BCUT2D eigenvalue weighted by molar-refractivity contribution is 5.92. The molecule has 106 valence electrons. The minimum absolute atomic E-state index is 0.190. The van der Waals surface area contributed by atoms with E-state index in [0.29, 0.717) is 0 Å². The number of rotatable bonds is 5. The molecule has 1 aliphatic heterocycles. The van der Waals surface area contributed by atoms with Gasteiger partial charge in [-0.3, -0.25) is 4.90 Å². The zero-order valence-corrected chi connectivity index (χ0v) is 12.4. The van der Waals surface area contributed by atoms with Crippen LogP contribution in [0.25, 0.3) is 10.8 Å². The highest BCUT2D eigenvalue weighted by atomic mass is 16.5. The summed E-state index contributed by atoms with van der Waals surface area (Å²) in [4.78, 5) is 2.48. The van der Waals surface area contributed by atoms with Crippen LogP contribution in [-0.4, -0.2) is 24.2 Å². The van der Waals surface area contributed by atoms with Crippen LogP contribution in [0, 0.1) is 0 Å². The van der Waals surface area contributed by atoms with Gasteiger partial charge in [0, 0.05) is 24.9 Å². The molecular formula is C18H23NO. The third-order valence-electron chi connectivity index (χ3n) is 4.04. The van der Waals surface area contributed by atoms with Crippen molar-refractivity contribution in [1.29, 1.82) is 0 Å². The standard InChI is InChI=1S/C18H23NO/c1-3-11-19(12-4-2)17-13-15-9-5-7-14-8-6-10-16(20-17)18(14)15/h5-10,17H,3-4,11-13H2,1-2H3. The molecular weight excluding hydrogens is 246 g/mol. The third-order valence-corrected chi connectivity index (χ3v) is 4.04. The average Bonchev–Trinajstić information content (AvgIpc) is 2.47. The minimum Gasteiger partial charge on any atom is -0.474 e. The van der Waals surface area contributed by atoms with Crippen molar-refractivity contribution in [1.82, 2.24) is 4.90 Å². The number of hydrogen-bond donors (Lipinski definition) is 0. The van der Waals surface area contributed by atoms with Crippen molar-refractivity contribution >= 4 is 10.8 Å². The number of hydrogen-bond acceptors (Lipinski definition) is 2. The van der Waals surface area contributed by atoms with Gasteiger partial charge in [0.05, 0.1) is 0 Å². The molecule has 2 nitrogen and oxygen atoms in total. The van der Waals surface area contributed by atoms with E-state index in [-0.39, 0.29) is 6.23 Å². The molecule has 1 heterocycles. The molecule has 0 spiro atoms. The molecule has 2 aromatic rings. The molecule has 0 saturated carbocycles. The van der Waals surface area contributed by atoms with Crippen LogP contribution in [0.15, 0.2) is 36.4 Å². The molecule has 1 unspecified atom stereocenters. The molecule has 20 heavy (non-hydrogen) atoms. The van der Waals surface area contributed by atoms with Gasteiger partial charge in [-0.15, -0.1) is 0 Å². The average molecular weight is 269 g/mol. The van der Waals surface area contributed by atoms with Gasteiger partial charge < -0.3 is 4.74 Å². The highest BCUT2D eigenvalue weighted by Crippen LogP contribution is 2.35. The largest absolute Gasteiger partial charge is 0.474 e. The minimum atomic E-state index is 0.190. The zero-order valence-electron chi connectivity index (χ0n) is 12.4. The summed E-state index contributed by atoms with van der Waals surface area (Å²) in [5.41, 5.74) is 1.42. The Hall–Kier alpha value is -1.54. The Morgan fingerprint density at radius 2 is 1.75 bits per heavy atom. The molecule has 0 saturated heterocycles. The van der Waals surface area contributed by atoms with Crippen molar-refractivity contribution in [2.24, 2.45) is 0 Å². The van der Waals surface area contributed by atoms with Gasteiger partial charge in [-0.1, -0.05) is 44.2 Å². The van der Waals surface area contributed by atoms with E-state index < -0.39 is 0 Å². The van der Waals surface area contributed by atoms with Gasteiger partial charge in [-0.05, 0) is 29.9 Å². The lowest BCUT2D eigenvalue weighted by Gasteiger charge is -2.35. The summed E-state index contributed by atoms with van der Waals surface area (Å²) in [6.45, 7) is 6.69. The fraction of sp³-hybridized carbons (Fsp3) is 0.444. The number of ether oxygens (including phenoxy) is 1. The Labute approximate surface area is 121 Å². The summed E-state index contributed by atoms with van der Waals surface area (Å²) < 4.78 is 6.30. The van der Waals surface area contributed by atoms with Crippen LogP contribution in [0.2, 0.25) is 0 Å². The van der Waals surface area contributed by atoms with Crippen LogP contribution in [-0.2, 0) is 6.42 Å². The first-order valence-electron chi connectivity index (χ1n) is 7.74. The van der Waals surface area contributed by atoms with Gasteiger partial charge in [-0.2, -0.15) is 0 Å². The Morgan fingerprint density at radius 1 is 1.05 bits per heavy atom. The maximum atomic E-state index is 6.30. The molecule has 0 aliphatic carbocycles. The normalized spacial score (nSPS) is 17.4. The summed E-state index contributed by atoms with van der Waals surface area (Å²) in [5.74, 6) is 1.05. The Kier molecular flexibility index (Phi) is 3.93. The van der Waals surface area contributed by atoms with E-state index in [4.69, 9.17) is 4.74 Å². The van der Waals surface area contributed by atoms with Gasteiger partial charge >= 0.3 is 0 Å². The second-order valence-electron chi connectivity index (χ2n) is 5.58. The molecule has 0 N–H and O–H groups in total. The van der Waals surface area contributed by atoms with Crippen LogP contribution in [0.4, 0.5) is 0 Å². The van der Waals surface area contributed by atoms with Crippen molar-refractivity contribution in [3.8, 4) is 5.75 Å². The number of benzene rings is 2. The summed E-state index contributed by atoms with van der Waals surface area (Å²) in [6, 6.07) is 12.9. The molecule has 0 radical (unpaired) electrons. The maximum Gasteiger partial charge on any atom is 0.156 e. The van der Waals surface area contributed by atoms with Gasteiger partial charge in [0.2, 0.25) is 0 Å². The molecule has 2 heteroatoms. The number of nitrogens with zero attached hydrogens (tertiary/aromatic N) is 1. The third kappa shape index (κ3) is 2.40. The summed E-state index contributed by atoms with van der Waals surface area (Å²) in [5, 5.41) is 2.59. The first-order valence-corrected chi connectivity index (χ1v) is 7.74. The van der Waals surface area contributed by atoms with E-state index in [2.05, 4.69) is 55.1 Å². The fourth-order valence-electron chi connectivity index (χ4n) is 3.20. The summed E-state index contributed by atoms with van der Waals surface area (Å²) in [7, 11) is 0. The van der Waals surface area contributed by atoms with E-state index in [9.17, 15) is 0 Å². The topological polar surface area (TPSA) is 12.5 Å². The summed E-state index contributed by atoms with van der Waals surface area (Å²) >= 11 is 0. The molecule has 0 amide bonds. The zero-order chi connectivity index (χ0) is 13.9. The Morgan fingerprint density at radius 3 is 2.45 bits per heavy atom. The first kappa shape index (κ1) is 13.4. The van der Waals surface area contributed by atoms with Crippen molar-refractivity contribution < 1.29 is 4.74 Å². The molecule has 0 aromatic heterocycles. The highest BCUT2D eigenvalue weighted by Gasteiger charge is 2.25. The Balaban J connectivity index is 1.94. The van der Waals surface area contributed by atoms with Gasteiger partial charge in [0.25, 0.3) is 0 Å². The first-order chi connectivity index (χ1) is 9.83. The molecule has 3 rings (SSSR count). The molecule has 0 fully saturated rings. The Bertz CT molecular complexity index is 546. The van der Waals surface area contributed by atoms with Crippen LogP contribution in [0.3, 0.4) is 0 Å². The predicted molar refractivity (Wildman–Crippen MR) is 84.2 cm³/mol. The van der Waals surface area contributed by atoms with Gasteiger partial charge in [0.15, 0.2) is 6.23 Å². The van der Waals surface area contributed by atoms with Gasteiger partial charge in [0.1, 0.15) is 5.75 Å². The van der Waals surface area contributed by atoms with Crippen molar-refractivity contribution in [2.75, 3.05) is 13.1 Å². The van der Waals surface area contributed by atoms with Crippen molar-refractivity contribution in [3.05, 3.63) is 42.0 Å². The smallest absolute Gasteiger partial charge is 0.156 e. The van der Waals surface area contributed by atoms with Crippen LogP contribution in [0.5, 0.6) is 5.75 Å².